The lowest BCUT2D eigenvalue weighted by atomic mass is 9.54. The van der Waals surface area contributed by atoms with Gasteiger partial charge in [0.1, 0.15) is 0 Å². The molecule has 0 amide bonds. The first kappa shape index (κ1) is 25.6. The molecular weight excluding hydrogens is 486 g/mol. The Morgan fingerprint density at radius 2 is 1.34 bits per heavy atom. The van der Waals surface area contributed by atoms with Gasteiger partial charge in [-0.2, -0.15) is 0 Å². The predicted molar refractivity (Wildman–Crippen MR) is 135 cm³/mol. The third-order valence-electron chi connectivity index (χ3n) is 7.70. The van der Waals surface area contributed by atoms with Gasteiger partial charge in [-0.3, -0.25) is 39.1 Å². The smallest absolute Gasteiger partial charge is 0.322 e. The summed E-state index contributed by atoms with van der Waals surface area (Å²) in [5.41, 5.74) is -1.58. The number of aromatic nitrogens is 3. The number of pyridine rings is 3. The highest BCUT2D eigenvalue weighted by atomic mass is 16.5. The van der Waals surface area contributed by atoms with Crippen LogP contribution in [0.5, 0.6) is 0 Å². The molecule has 0 N–H and O–H groups in total. The molecule has 0 aromatic carbocycles. The van der Waals surface area contributed by atoms with E-state index >= 15 is 0 Å². The Morgan fingerprint density at radius 1 is 0.842 bits per heavy atom. The molecule has 2 aliphatic rings. The molecule has 2 aliphatic heterocycles. The monoisotopic (exact) mass is 515 g/mol. The van der Waals surface area contributed by atoms with Gasteiger partial charge in [0.15, 0.2) is 16.6 Å². The number of nitrogens with zero attached hydrogens (tertiary/aromatic N) is 5. The summed E-state index contributed by atoms with van der Waals surface area (Å²) in [6.45, 7) is 0.432. The quantitative estimate of drug-likeness (QED) is 0.357. The van der Waals surface area contributed by atoms with Crippen LogP contribution in [-0.2, 0) is 30.4 Å². The van der Waals surface area contributed by atoms with Crippen LogP contribution < -0.4 is 0 Å². The number of ketones is 1. The Balaban J connectivity index is 1.80. The number of likely N-dealkylation sites (tertiary alicyclic amines) is 2. The van der Waals surface area contributed by atoms with Crippen LogP contribution in [0.3, 0.4) is 0 Å². The highest BCUT2D eigenvalue weighted by Crippen LogP contribution is 2.60. The number of carbonyl (C=O) groups is 3. The summed E-state index contributed by atoms with van der Waals surface area (Å²) in [7, 11) is 4.30. The second kappa shape index (κ2) is 10.0. The SMILES string of the molecule is COC(=O)C12CN(Cc3ccncc3)CC(C(=O)OC)(C1=O)C(c1ccccn1)N(C)C2c1ccccn1. The van der Waals surface area contributed by atoms with E-state index in [0.717, 1.165) is 5.56 Å². The molecule has 2 saturated heterocycles. The van der Waals surface area contributed by atoms with Gasteiger partial charge in [0.2, 0.25) is 0 Å². The lowest BCUT2D eigenvalue weighted by Crippen LogP contribution is -2.75. The zero-order chi connectivity index (χ0) is 26.9. The van der Waals surface area contributed by atoms with Crippen molar-refractivity contribution >= 4 is 17.7 Å². The number of piperidine rings is 2. The van der Waals surface area contributed by atoms with Crippen LogP contribution in [0, 0.1) is 10.8 Å². The van der Waals surface area contributed by atoms with Crippen LogP contribution in [0.4, 0.5) is 0 Å². The number of esters is 2. The molecule has 3 aromatic heterocycles. The van der Waals surface area contributed by atoms with Gasteiger partial charge in [-0.05, 0) is 49.0 Å². The number of carbonyl (C=O) groups excluding carboxylic acids is 3. The summed E-state index contributed by atoms with van der Waals surface area (Å²) >= 11 is 0. The van der Waals surface area contributed by atoms with Gasteiger partial charge < -0.3 is 9.47 Å². The highest BCUT2D eigenvalue weighted by molar-refractivity contribution is 6.17. The number of ether oxygens (including phenoxy) is 2. The number of rotatable bonds is 6. The molecule has 5 heterocycles. The second-order valence-electron chi connectivity index (χ2n) is 9.74. The van der Waals surface area contributed by atoms with Crippen LogP contribution in [0.1, 0.15) is 29.0 Å². The van der Waals surface area contributed by atoms with Crippen molar-refractivity contribution in [3.63, 3.8) is 0 Å². The van der Waals surface area contributed by atoms with Crippen LogP contribution in [0.15, 0.2) is 73.3 Å². The van der Waals surface area contributed by atoms with Crippen molar-refractivity contribution < 1.29 is 23.9 Å². The van der Waals surface area contributed by atoms with E-state index in [9.17, 15) is 14.4 Å². The molecular formula is C28H29N5O5. The molecule has 3 aromatic rings. The molecule has 10 nitrogen and oxygen atoms in total. The fourth-order valence-electron chi connectivity index (χ4n) is 6.33. The average molecular weight is 516 g/mol. The third-order valence-corrected chi connectivity index (χ3v) is 7.70. The Hall–Kier alpha value is -4.02. The lowest BCUT2D eigenvalue weighted by Gasteiger charge is -2.60. The molecule has 196 valence electrons. The van der Waals surface area contributed by atoms with E-state index in [1.54, 1.807) is 68.2 Å². The minimum atomic E-state index is -1.76. The number of methoxy groups -OCH3 is 2. The molecule has 0 aliphatic carbocycles. The van der Waals surface area contributed by atoms with Crippen LogP contribution in [0.25, 0.3) is 0 Å². The normalized spacial score (nSPS) is 27.5. The molecule has 2 fully saturated rings. The maximum atomic E-state index is 14.8. The van der Waals surface area contributed by atoms with Crippen molar-refractivity contribution in [3.8, 4) is 0 Å². The van der Waals surface area contributed by atoms with Crippen LogP contribution in [0.2, 0.25) is 0 Å². The topological polar surface area (TPSA) is 115 Å². The highest BCUT2D eigenvalue weighted by Gasteiger charge is 2.75. The minimum absolute atomic E-state index is 0.0279. The summed E-state index contributed by atoms with van der Waals surface area (Å²) < 4.78 is 10.6. The van der Waals surface area contributed by atoms with E-state index in [0.29, 0.717) is 17.9 Å². The summed E-state index contributed by atoms with van der Waals surface area (Å²) in [5.74, 6) is -1.99. The molecule has 4 unspecified atom stereocenters. The summed E-state index contributed by atoms with van der Waals surface area (Å²) in [5, 5.41) is 0. The van der Waals surface area contributed by atoms with E-state index in [1.807, 2.05) is 21.9 Å². The first-order valence-corrected chi connectivity index (χ1v) is 12.3. The van der Waals surface area contributed by atoms with Crippen LogP contribution >= 0.6 is 0 Å². The van der Waals surface area contributed by atoms with Crippen LogP contribution in [-0.4, -0.2) is 76.8 Å². The third kappa shape index (κ3) is 3.79. The van der Waals surface area contributed by atoms with Crippen molar-refractivity contribution in [2.24, 2.45) is 10.8 Å². The molecule has 0 saturated carbocycles. The van der Waals surface area contributed by atoms with Crippen molar-refractivity contribution in [1.29, 1.82) is 0 Å². The predicted octanol–water partition coefficient (Wildman–Crippen LogP) is 2.00. The van der Waals surface area contributed by atoms with Crippen molar-refractivity contribution in [2.75, 3.05) is 34.4 Å². The Labute approximate surface area is 220 Å². The molecule has 5 rings (SSSR count). The van der Waals surface area contributed by atoms with Gasteiger partial charge >= 0.3 is 11.9 Å². The summed E-state index contributed by atoms with van der Waals surface area (Å²) in [4.78, 5) is 59.5. The van der Waals surface area contributed by atoms with Crippen molar-refractivity contribution in [1.82, 2.24) is 24.8 Å². The number of hydrogen-bond acceptors (Lipinski definition) is 10. The molecule has 0 spiro atoms. The lowest BCUT2D eigenvalue weighted by molar-refractivity contribution is -0.204. The van der Waals surface area contributed by atoms with E-state index in [-0.39, 0.29) is 13.1 Å². The first-order valence-electron chi connectivity index (χ1n) is 12.3. The van der Waals surface area contributed by atoms with Gasteiger partial charge in [-0.25, -0.2) is 0 Å². The van der Waals surface area contributed by atoms with E-state index < -0.39 is 40.6 Å². The van der Waals surface area contributed by atoms with E-state index in [2.05, 4.69) is 15.0 Å². The zero-order valence-corrected chi connectivity index (χ0v) is 21.5. The van der Waals surface area contributed by atoms with E-state index in [4.69, 9.17) is 9.47 Å². The average Bonchev–Trinajstić information content (AvgIpc) is 2.95. The molecule has 2 bridgehead atoms. The van der Waals surface area contributed by atoms with Gasteiger partial charge in [0.05, 0.1) is 37.7 Å². The molecule has 10 heteroatoms. The minimum Gasteiger partial charge on any atom is -0.468 e. The first-order chi connectivity index (χ1) is 18.4. The maximum Gasteiger partial charge on any atom is 0.322 e. The Morgan fingerprint density at radius 3 is 1.76 bits per heavy atom. The molecule has 4 atom stereocenters. The maximum absolute atomic E-state index is 14.8. The second-order valence-corrected chi connectivity index (χ2v) is 9.74. The fourth-order valence-corrected chi connectivity index (χ4v) is 6.33. The largest absolute Gasteiger partial charge is 0.468 e. The summed E-state index contributed by atoms with van der Waals surface area (Å²) in [6, 6.07) is 12.8. The van der Waals surface area contributed by atoms with Gasteiger partial charge in [-0.15, -0.1) is 0 Å². The molecule has 0 radical (unpaired) electrons. The number of Topliss-reactive ketones (excluding diaryl/α,β-unsaturated/α-hetero) is 1. The van der Waals surface area contributed by atoms with Gasteiger partial charge in [0.25, 0.3) is 0 Å². The zero-order valence-electron chi connectivity index (χ0n) is 21.5. The van der Waals surface area contributed by atoms with E-state index in [1.165, 1.54) is 14.2 Å². The Bertz CT molecular complexity index is 1250. The van der Waals surface area contributed by atoms with Crippen molar-refractivity contribution in [2.45, 2.75) is 18.6 Å². The fraction of sp³-hybridized carbons (Fsp3) is 0.357. The van der Waals surface area contributed by atoms with Gasteiger partial charge in [0, 0.05) is 44.4 Å². The van der Waals surface area contributed by atoms with Crippen molar-refractivity contribution in [3.05, 3.63) is 90.3 Å². The summed E-state index contributed by atoms with van der Waals surface area (Å²) in [6.07, 6.45) is 6.60. The van der Waals surface area contributed by atoms with Gasteiger partial charge in [-0.1, -0.05) is 12.1 Å². The standard InChI is InChI=1S/C28H29N5O5/c1-32-22(20-8-4-6-12-30-20)27(25(35)37-2)17-33(16-19-10-14-29-15-11-19)18-28(24(27)34,26(36)38-3)23(32)21-9-5-7-13-31-21/h4-15,22-23H,16-18H2,1-3H3. The molecule has 38 heavy (non-hydrogen) atoms. The Kier molecular flexibility index (Phi) is 6.77. The number of fused-ring (bicyclic) bond motifs is 2. The number of hydrogen-bond donors (Lipinski definition) is 0.